The average Bonchev–Trinajstić information content (AvgIpc) is 2.79. The molecule has 0 fully saturated rings. The number of fused-ring (bicyclic) bond motifs is 1. The SMILES string of the molecule is Cc1nc2cc(NC(C)c3cnccn3)ccc2o1. The van der Waals surface area contributed by atoms with Crippen LogP contribution >= 0.6 is 0 Å². The molecule has 0 aliphatic rings. The van der Waals surface area contributed by atoms with Crippen LogP contribution in [-0.4, -0.2) is 15.0 Å². The molecule has 1 aromatic carbocycles. The Bertz CT molecular complexity index is 693. The van der Waals surface area contributed by atoms with Crippen molar-refractivity contribution in [1.82, 2.24) is 15.0 Å². The molecule has 0 saturated carbocycles. The van der Waals surface area contributed by atoms with E-state index in [0.717, 1.165) is 22.5 Å². The number of hydrogen-bond donors (Lipinski definition) is 1. The van der Waals surface area contributed by atoms with Crippen molar-refractivity contribution in [3.8, 4) is 0 Å². The van der Waals surface area contributed by atoms with Gasteiger partial charge in [0.2, 0.25) is 0 Å². The standard InChI is InChI=1S/C14H14N4O/c1-9(13-8-15-5-6-16-13)17-11-3-4-14-12(7-11)18-10(2)19-14/h3-9,17H,1-2H3. The number of rotatable bonds is 3. The van der Waals surface area contributed by atoms with E-state index in [1.165, 1.54) is 0 Å². The van der Waals surface area contributed by atoms with Gasteiger partial charge < -0.3 is 9.73 Å². The molecule has 96 valence electrons. The lowest BCUT2D eigenvalue weighted by molar-refractivity contribution is 0.561. The molecular weight excluding hydrogens is 240 g/mol. The quantitative estimate of drug-likeness (QED) is 0.778. The largest absolute Gasteiger partial charge is 0.441 e. The summed E-state index contributed by atoms with van der Waals surface area (Å²) in [6, 6.07) is 5.94. The summed E-state index contributed by atoms with van der Waals surface area (Å²) in [6.45, 7) is 3.89. The van der Waals surface area contributed by atoms with Gasteiger partial charge in [0, 0.05) is 25.0 Å². The first-order valence-electron chi connectivity index (χ1n) is 6.12. The van der Waals surface area contributed by atoms with Crippen LogP contribution in [0.25, 0.3) is 11.1 Å². The molecular formula is C14H14N4O. The van der Waals surface area contributed by atoms with Gasteiger partial charge in [-0.1, -0.05) is 0 Å². The van der Waals surface area contributed by atoms with Gasteiger partial charge in [0.1, 0.15) is 5.52 Å². The van der Waals surface area contributed by atoms with E-state index in [9.17, 15) is 0 Å². The van der Waals surface area contributed by atoms with E-state index in [0.29, 0.717) is 5.89 Å². The summed E-state index contributed by atoms with van der Waals surface area (Å²) in [7, 11) is 0. The molecule has 1 unspecified atom stereocenters. The second kappa shape index (κ2) is 4.68. The van der Waals surface area contributed by atoms with Crippen molar-refractivity contribution in [3.05, 3.63) is 48.4 Å². The summed E-state index contributed by atoms with van der Waals surface area (Å²) in [5.74, 6) is 0.675. The zero-order valence-corrected chi connectivity index (χ0v) is 10.8. The fraction of sp³-hybridized carbons (Fsp3) is 0.214. The lowest BCUT2D eigenvalue weighted by atomic mass is 10.2. The van der Waals surface area contributed by atoms with E-state index < -0.39 is 0 Å². The predicted molar refractivity (Wildman–Crippen MR) is 72.8 cm³/mol. The van der Waals surface area contributed by atoms with Crippen LogP contribution in [0.15, 0.2) is 41.2 Å². The van der Waals surface area contributed by atoms with Gasteiger partial charge in [-0.2, -0.15) is 0 Å². The molecule has 3 aromatic rings. The van der Waals surface area contributed by atoms with Crippen molar-refractivity contribution >= 4 is 16.8 Å². The van der Waals surface area contributed by atoms with E-state index in [2.05, 4.69) is 20.3 Å². The maximum atomic E-state index is 5.45. The second-order valence-electron chi connectivity index (χ2n) is 4.41. The molecule has 2 aromatic heterocycles. The van der Waals surface area contributed by atoms with E-state index >= 15 is 0 Å². The summed E-state index contributed by atoms with van der Waals surface area (Å²) < 4.78 is 5.45. The second-order valence-corrected chi connectivity index (χ2v) is 4.41. The van der Waals surface area contributed by atoms with Crippen LogP contribution in [0.5, 0.6) is 0 Å². The van der Waals surface area contributed by atoms with Gasteiger partial charge in [-0.15, -0.1) is 0 Å². The number of aryl methyl sites for hydroxylation is 1. The molecule has 0 bridgehead atoms. The first-order chi connectivity index (χ1) is 9.22. The van der Waals surface area contributed by atoms with Gasteiger partial charge >= 0.3 is 0 Å². The van der Waals surface area contributed by atoms with Crippen LogP contribution in [0, 0.1) is 6.92 Å². The Morgan fingerprint density at radius 2 is 2.16 bits per heavy atom. The molecule has 0 aliphatic carbocycles. The number of oxazole rings is 1. The zero-order chi connectivity index (χ0) is 13.2. The Balaban J connectivity index is 1.85. The van der Waals surface area contributed by atoms with Crippen LogP contribution in [0.2, 0.25) is 0 Å². The maximum Gasteiger partial charge on any atom is 0.192 e. The minimum atomic E-state index is 0.0825. The summed E-state index contributed by atoms with van der Waals surface area (Å²) in [4.78, 5) is 12.7. The fourth-order valence-corrected chi connectivity index (χ4v) is 1.99. The highest BCUT2D eigenvalue weighted by Crippen LogP contribution is 2.22. The van der Waals surface area contributed by atoms with Crippen LogP contribution in [0.3, 0.4) is 0 Å². The van der Waals surface area contributed by atoms with Crippen molar-refractivity contribution < 1.29 is 4.42 Å². The number of nitrogens with zero attached hydrogens (tertiary/aromatic N) is 3. The maximum absolute atomic E-state index is 5.45. The number of benzene rings is 1. The molecule has 0 amide bonds. The Hall–Kier alpha value is -2.43. The van der Waals surface area contributed by atoms with Gasteiger partial charge in [-0.05, 0) is 25.1 Å². The third-order valence-corrected chi connectivity index (χ3v) is 2.90. The third kappa shape index (κ3) is 2.40. The van der Waals surface area contributed by atoms with Crippen molar-refractivity contribution in [2.45, 2.75) is 19.9 Å². The van der Waals surface area contributed by atoms with E-state index in [-0.39, 0.29) is 6.04 Å². The fourth-order valence-electron chi connectivity index (χ4n) is 1.99. The van der Waals surface area contributed by atoms with E-state index in [1.807, 2.05) is 32.0 Å². The molecule has 0 saturated heterocycles. The summed E-state index contributed by atoms with van der Waals surface area (Å²) >= 11 is 0. The smallest absolute Gasteiger partial charge is 0.192 e. The van der Waals surface area contributed by atoms with Crippen LogP contribution in [-0.2, 0) is 0 Å². The van der Waals surface area contributed by atoms with Crippen LogP contribution < -0.4 is 5.32 Å². The van der Waals surface area contributed by atoms with Crippen molar-refractivity contribution in [2.75, 3.05) is 5.32 Å². The minimum Gasteiger partial charge on any atom is -0.441 e. The monoisotopic (exact) mass is 254 g/mol. The van der Waals surface area contributed by atoms with E-state index in [4.69, 9.17) is 4.42 Å². The Morgan fingerprint density at radius 1 is 1.26 bits per heavy atom. The summed E-state index contributed by atoms with van der Waals surface area (Å²) in [5, 5.41) is 3.38. The van der Waals surface area contributed by atoms with Gasteiger partial charge in [0.25, 0.3) is 0 Å². The lowest BCUT2D eigenvalue weighted by Gasteiger charge is -2.13. The third-order valence-electron chi connectivity index (χ3n) is 2.90. The number of anilines is 1. The summed E-state index contributed by atoms with van der Waals surface area (Å²) in [6.07, 6.45) is 5.12. The van der Waals surface area contributed by atoms with Crippen molar-refractivity contribution in [3.63, 3.8) is 0 Å². The first kappa shape index (κ1) is 11.6. The molecule has 0 spiro atoms. The molecule has 5 nitrogen and oxygen atoms in total. The Morgan fingerprint density at radius 3 is 2.95 bits per heavy atom. The Kier molecular flexibility index (Phi) is 2.87. The molecule has 2 heterocycles. The van der Waals surface area contributed by atoms with Crippen LogP contribution in [0.4, 0.5) is 5.69 Å². The molecule has 5 heteroatoms. The minimum absolute atomic E-state index is 0.0825. The predicted octanol–water partition coefficient (Wildman–Crippen LogP) is 3.10. The average molecular weight is 254 g/mol. The molecule has 19 heavy (non-hydrogen) atoms. The highest BCUT2D eigenvalue weighted by atomic mass is 16.3. The lowest BCUT2D eigenvalue weighted by Crippen LogP contribution is -2.08. The van der Waals surface area contributed by atoms with E-state index in [1.54, 1.807) is 18.6 Å². The van der Waals surface area contributed by atoms with Gasteiger partial charge in [-0.25, -0.2) is 4.98 Å². The normalized spacial score (nSPS) is 12.5. The molecule has 1 N–H and O–H groups in total. The molecule has 1 atom stereocenters. The van der Waals surface area contributed by atoms with Crippen molar-refractivity contribution in [1.29, 1.82) is 0 Å². The zero-order valence-electron chi connectivity index (χ0n) is 10.8. The number of aromatic nitrogens is 3. The van der Waals surface area contributed by atoms with Gasteiger partial charge in [-0.3, -0.25) is 9.97 Å². The molecule has 0 aliphatic heterocycles. The summed E-state index contributed by atoms with van der Waals surface area (Å²) in [5.41, 5.74) is 3.54. The highest BCUT2D eigenvalue weighted by Gasteiger charge is 2.08. The van der Waals surface area contributed by atoms with Crippen molar-refractivity contribution in [2.24, 2.45) is 0 Å². The van der Waals surface area contributed by atoms with Gasteiger partial charge in [0.15, 0.2) is 11.5 Å². The first-order valence-corrected chi connectivity index (χ1v) is 6.12. The molecule has 3 rings (SSSR count). The van der Waals surface area contributed by atoms with Gasteiger partial charge in [0.05, 0.1) is 17.9 Å². The topological polar surface area (TPSA) is 63.8 Å². The van der Waals surface area contributed by atoms with Crippen LogP contribution in [0.1, 0.15) is 24.6 Å². The highest BCUT2D eigenvalue weighted by molar-refractivity contribution is 5.77. The Labute approximate surface area is 110 Å². The number of nitrogens with one attached hydrogen (secondary N) is 1. The molecule has 0 radical (unpaired) electrons. The number of hydrogen-bond acceptors (Lipinski definition) is 5.